The molecule has 1 saturated heterocycles. The number of hydrogen-bond acceptors (Lipinski definition) is 7. The van der Waals surface area contributed by atoms with E-state index in [0.717, 1.165) is 54.9 Å². The van der Waals surface area contributed by atoms with Crippen molar-refractivity contribution in [2.75, 3.05) is 45.3 Å². The van der Waals surface area contributed by atoms with Crippen LogP contribution in [-0.2, 0) is 33.8 Å². The molecule has 1 fully saturated rings. The number of methoxy groups -OCH3 is 1. The zero-order chi connectivity index (χ0) is 31.6. The van der Waals surface area contributed by atoms with E-state index in [-0.39, 0.29) is 18.1 Å². The third-order valence-corrected chi connectivity index (χ3v) is 8.25. The van der Waals surface area contributed by atoms with Crippen molar-refractivity contribution in [2.24, 2.45) is 0 Å². The van der Waals surface area contributed by atoms with Crippen LogP contribution in [0.3, 0.4) is 0 Å². The van der Waals surface area contributed by atoms with Crippen molar-refractivity contribution < 1.29 is 28.5 Å². The van der Waals surface area contributed by atoms with E-state index in [4.69, 9.17) is 23.7 Å². The maximum atomic E-state index is 13.0. The topological polar surface area (TPSA) is 78.5 Å². The van der Waals surface area contributed by atoms with Crippen molar-refractivity contribution >= 4 is 11.8 Å². The number of piperidine rings is 1. The van der Waals surface area contributed by atoms with Gasteiger partial charge in [0.05, 0.1) is 46.2 Å². The maximum Gasteiger partial charge on any atom is 0.410 e. The standard InChI is InChI=1S/C37H48N2O6/c1-37(2,3)45-36(40)39-20-18-32(35(24-39)44-25-27-12-13-29-10-7-19-38-33(29)23-27)28-14-16-31(17-15-28)43-22-8-21-42-26-30-9-5-6-11-34(30)41-4/h5-6,9,11-17,23,32,35,38H,7-8,10,18-22,24-26H2,1-4H3. The third kappa shape index (κ3) is 9.38. The summed E-state index contributed by atoms with van der Waals surface area (Å²) in [4.78, 5) is 14.7. The number of ether oxygens (including phenoxy) is 5. The summed E-state index contributed by atoms with van der Waals surface area (Å²) in [5.74, 6) is 1.82. The fourth-order valence-electron chi connectivity index (χ4n) is 5.93. The predicted octanol–water partition coefficient (Wildman–Crippen LogP) is 7.35. The SMILES string of the molecule is COc1ccccc1COCCCOc1ccc(C2CCN(C(=O)OC(C)(C)C)CC2OCc2ccc3c(c2)NCCC3)cc1. The Labute approximate surface area is 268 Å². The van der Waals surface area contributed by atoms with Gasteiger partial charge in [0, 0.05) is 36.7 Å². The van der Waals surface area contributed by atoms with Gasteiger partial charge in [0.2, 0.25) is 0 Å². The number of rotatable bonds is 12. The molecule has 2 heterocycles. The molecule has 1 amide bonds. The van der Waals surface area contributed by atoms with Crippen LogP contribution in [0.25, 0.3) is 0 Å². The molecule has 1 N–H and O–H groups in total. The summed E-state index contributed by atoms with van der Waals surface area (Å²) in [6.45, 7) is 9.97. The van der Waals surface area contributed by atoms with Gasteiger partial charge in [-0.2, -0.15) is 0 Å². The lowest BCUT2D eigenvalue weighted by Gasteiger charge is -2.39. The van der Waals surface area contributed by atoms with Crippen LogP contribution in [0.4, 0.5) is 10.5 Å². The molecule has 2 aliphatic heterocycles. The van der Waals surface area contributed by atoms with E-state index in [9.17, 15) is 4.79 Å². The minimum Gasteiger partial charge on any atom is -0.496 e. The first-order valence-electron chi connectivity index (χ1n) is 16.2. The number of anilines is 1. The molecule has 2 aliphatic rings. The molecule has 0 aromatic heterocycles. The van der Waals surface area contributed by atoms with Crippen molar-refractivity contribution in [3.8, 4) is 11.5 Å². The Morgan fingerprint density at radius 2 is 1.82 bits per heavy atom. The number of amides is 1. The molecular weight excluding hydrogens is 568 g/mol. The minimum absolute atomic E-state index is 0.150. The van der Waals surface area contributed by atoms with E-state index in [2.05, 4.69) is 35.6 Å². The summed E-state index contributed by atoms with van der Waals surface area (Å²) >= 11 is 0. The fourth-order valence-corrected chi connectivity index (χ4v) is 5.93. The Kier molecular flexibility index (Phi) is 11.2. The van der Waals surface area contributed by atoms with E-state index in [1.807, 2.05) is 57.2 Å². The first-order chi connectivity index (χ1) is 21.8. The highest BCUT2D eigenvalue weighted by Gasteiger charge is 2.35. The number of carbonyl (C=O) groups is 1. The van der Waals surface area contributed by atoms with Gasteiger partial charge in [-0.15, -0.1) is 0 Å². The smallest absolute Gasteiger partial charge is 0.410 e. The van der Waals surface area contributed by atoms with Crippen LogP contribution in [0.5, 0.6) is 11.5 Å². The van der Waals surface area contributed by atoms with Crippen LogP contribution < -0.4 is 14.8 Å². The number of nitrogens with zero attached hydrogens (tertiary/aromatic N) is 1. The summed E-state index contributed by atoms with van der Waals surface area (Å²) in [5, 5.41) is 3.51. The third-order valence-electron chi connectivity index (χ3n) is 8.25. The second-order valence-corrected chi connectivity index (χ2v) is 12.8. The number of fused-ring (bicyclic) bond motifs is 1. The van der Waals surface area contributed by atoms with Crippen LogP contribution in [-0.4, -0.2) is 62.7 Å². The second-order valence-electron chi connectivity index (χ2n) is 12.8. The molecule has 8 nitrogen and oxygen atoms in total. The molecule has 8 heteroatoms. The highest BCUT2D eigenvalue weighted by Crippen LogP contribution is 2.33. The number of likely N-dealkylation sites (tertiary alicyclic amines) is 1. The second kappa shape index (κ2) is 15.5. The monoisotopic (exact) mass is 616 g/mol. The largest absolute Gasteiger partial charge is 0.496 e. The summed E-state index contributed by atoms with van der Waals surface area (Å²) < 4.78 is 29.5. The van der Waals surface area contributed by atoms with Gasteiger partial charge in [-0.25, -0.2) is 4.79 Å². The number of aryl methyl sites for hydroxylation is 1. The highest BCUT2D eigenvalue weighted by atomic mass is 16.6. The van der Waals surface area contributed by atoms with Gasteiger partial charge in [-0.05, 0) is 81.0 Å². The number of carbonyl (C=O) groups excluding carboxylic acids is 1. The van der Waals surface area contributed by atoms with E-state index in [1.165, 1.54) is 16.8 Å². The van der Waals surface area contributed by atoms with Crippen molar-refractivity contribution in [1.29, 1.82) is 0 Å². The van der Waals surface area contributed by atoms with Crippen molar-refractivity contribution in [3.63, 3.8) is 0 Å². The molecule has 2 atom stereocenters. The summed E-state index contributed by atoms with van der Waals surface area (Å²) in [6.07, 6.45) is 3.39. The first-order valence-corrected chi connectivity index (χ1v) is 16.2. The van der Waals surface area contributed by atoms with Crippen molar-refractivity contribution in [2.45, 2.75) is 77.3 Å². The molecule has 5 rings (SSSR count). The molecule has 2 unspecified atom stereocenters. The quantitative estimate of drug-likeness (QED) is 0.213. The van der Waals surface area contributed by atoms with E-state index < -0.39 is 5.60 Å². The molecule has 0 saturated carbocycles. The number of para-hydroxylation sites is 1. The Hall–Kier alpha value is -3.75. The van der Waals surface area contributed by atoms with E-state index in [0.29, 0.717) is 39.5 Å². The summed E-state index contributed by atoms with van der Waals surface area (Å²) in [6, 6.07) is 22.8. The zero-order valence-electron chi connectivity index (χ0n) is 27.2. The molecule has 0 radical (unpaired) electrons. The molecule has 0 aliphatic carbocycles. The van der Waals surface area contributed by atoms with Crippen LogP contribution in [0, 0.1) is 0 Å². The molecule has 3 aromatic carbocycles. The lowest BCUT2D eigenvalue weighted by atomic mass is 9.87. The fraction of sp³-hybridized carbons (Fsp3) is 0.486. The minimum atomic E-state index is -0.544. The summed E-state index contributed by atoms with van der Waals surface area (Å²) in [5.41, 5.74) is 5.37. The van der Waals surface area contributed by atoms with Gasteiger partial charge in [0.1, 0.15) is 17.1 Å². The highest BCUT2D eigenvalue weighted by molar-refractivity contribution is 5.68. The predicted molar refractivity (Wildman–Crippen MR) is 176 cm³/mol. The van der Waals surface area contributed by atoms with E-state index >= 15 is 0 Å². The van der Waals surface area contributed by atoms with Crippen LogP contribution in [0.2, 0.25) is 0 Å². The molecular formula is C37H48N2O6. The Morgan fingerprint density at radius 3 is 2.62 bits per heavy atom. The maximum absolute atomic E-state index is 13.0. The molecule has 242 valence electrons. The number of benzene rings is 3. The van der Waals surface area contributed by atoms with Gasteiger partial charge in [-0.3, -0.25) is 0 Å². The number of nitrogens with one attached hydrogen (secondary N) is 1. The van der Waals surface area contributed by atoms with Crippen LogP contribution in [0.1, 0.15) is 68.2 Å². The molecule has 0 spiro atoms. The van der Waals surface area contributed by atoms with Gasteiger partial charge in [-0.1, -0.05) is 42.5 Å². The van der Waals surface area contributed by atoms with Gasteiger partial charge < -0.3 is 33.9 Å². The van der Waals surface area contributed by atoms with Gasteiger partial charge >= 0.3 is 6.09 Å². The van der Waals surface area contributed by atoms with Gasteiger partial charge in [0.25, 0.3) is 0 Å². The van der Waals surface area contributed by atoms with Crippen molar-refractivity contribution in [3.05, 3.63) is 89.0 Å². The Balaban J connectivity index is 1.16. The average Bonchev–Trinajstić information content (AvgIpc) is 3.05. The average molecular weight is 617 g/mol. The lowest BCUT2D eigenvalue weighted by molar-refractivity contribution is -0.0359. The van der Waals surface area contributed by atoms with Gasteiger partial charge in [0.15, 0.2) is 0 Å². The lowest BCUT2D eigenvalue weighted by Crippen LogP contribution is -2.48. The van der Waals surface area contributed by atoms with Crippen LogP contribution >= 0.6 is 0 Å². The zero-order valence-corrected chi connectivity index (χ0v) is 27.2. The number of hydrogen-bond donors (Lipinski definition) is 1. The Morgan fingerprint density at radius 1 is 1.00 bits per heavy atom. The molecule has 0 bridgehead atoms. The molecule has 45 heavy (non-hydrogen) atoms. The van der Waals surface area contributed by atoms with Crippen LogP contribution in [0.15, 0.2) is 66.7 Å². The molecule has 3 aromatic rings. The summed E-state index contributed by atoms with van der Waals surface area (Å²) in [7, 11) is 1.67. The Bertz CT molecular complexity index is 1390. The first kappa shape index (κ1) is 32.6. The van der Waals surface area contributed by atoms with E-state index in [1.54, 1.807) is 12.0 Å². The normalized spacial score (nSPS) is 18.1. The van der Waals surface area contributed by atoms with Crippen molar-refractivity contribution in [1.82, 2.24) is 4.90 Å².